The van der Waals surface area contributed by atoms with Crippen LogP contribution in [-0.2, 0) is 6.42 Å². The first-order valence-corrected chi connectivity index (χ1v) is 7.35. The van der Waals surface area contributed by atoms with Crippen molar-refractivity contribution in [2.75, 3.05) is 24.5 Å². The Morgan fingerprint density at radius 2 is 1.89 bits per heavy atom. The number of nitrogens with one attached hydrogen (secondary N) is 1. The summed E-state index contributed by atoms with van der Waals surface area (Å²) in [5.74, 6) is 0.594. The van der Waals surface area contributed by atoms with Gasteiger partial charge in [-0.2, -0.15) is 0 Å². The Kier molecular flexibility index (Phi) is 5.39. The first-order valence-electron chi connectivity index (χ1n) is 7.35. The van der Waals surface area contributed by atoms with Crippen molar-refractivity contribution in [1.82, 2.24) is 9.97 Å². The third-order valence-corrected chi connectivity index (χ3v) is 3.62. The number of nitrogens with two attached hydrogens (primary N) is 1. The van der Waals surface area contributed by atoms with Gasteiger partial charge in [-0.05, 0) is 32.2 Å². The molecule has 19 heavy (non-hydrogen) atoms. The molecule has 3 N–H and O–H groups in total. The normalized spacial score (nSPS) is 17.0. The Labute approximate surface area is 114 Å². The van der Waals surface area contributed by atoms with Crippen molar-refractivity contribution in [3.05, 3.63) is 22.2 Å². The minimum absolute atomic E-state index is 0.0722. The van der Waals surface area contributed by atoms with E-state index in [4.69, 9.17) is 5.73 Å². The second-order valence-electron chi connectivity index (χ2n) is 5.19. The van der Waals surface area contributed by atoms with Crippen molar-refractivity contribution < 1.29 is 0 Å². The maximum Gasteiger partial charge on any atom is 0.290 e. The number of hydrogen-bond acceptors (Lipinski definition) is 4. The minimum Gasteiger partial charge on any atom is -0.352 e. The van der Waals surface area contributed by atoms with Crippen LogP contribution >= 0.6 is 0 Å². The zero-order valence-electron chi connectivity index (χ0n) is 11.5. The van der Waals surface area contributed by atoms with Crippen LogP contribution in [0.3, 0.4) is 0 Å². The van der Waals surface area contributed by atoms with E-state index >= 15 is 0 Å². The van der Waals surface area contributed by atoms with Crippen molar-refractivity contribution in [3.8, 4) is 0 Å². The molecule has 5 nitrogen and oxygen atoms in total. The Morgan fingerprint density at radius 3 is 2.58 bits per heavy atom. The summed E-state index contributed by atoms with van der Waals surface area (Å²) in [7, 11) is 0. The quantitative estimate of drug-likeness (QED) is 0.862. The van der Waals surface area contributed by atoms with Crippen LogP contribution in [-0.4, -0.2) is 29.6 Å². The van der Waals surface area contributed by atoms with Gasteiger partial charge in [0.25, 0.3) is 5.56 Å². The number of aromatic amines is 1. The van der Waals surface area contributed by atoms with Crippen LogP contribution in [0.1, 0.15) is 44.2 Å². The molecule has 2 heterocycles. The predicted octanol–water partition coefficient (Wildman–Crippen LogP) is 1.43. The van der Waals surface area contributed by atoms with Crippen LogP contribution in [0.4, 0.5) is 5.82 Å². The molecular formula is C14H24N4O. The zero-order valence-corrected chi connectivity index (χ0v) is 11.5. The Balaban J connectivity index is 2.13. The second-order valence-corrected chi connectivity index (χ2v) is 5.19. The van der Waals surface area contributed by atoms with E-state index in [0.29, 0.717) is 12.4 Å². The molecule has 0 radical (unpaired) electrons. The summed E-state index contributed by atoms with van der Waals surface area (Å²) in [5, 5.41) is 0. The topological polar surface area (TPSA) is 75.0 Å². The third kappa shape index (κ3) is 4.06. The molecule has 0 atom stereocenters. The second kappa shape index (κ2) is 7.28. The van der Waals surface area contributed by atoms with Crippen LogP contribution in [0.5, 0.6) is 0 Å². The lowest BCUT2D eigenvalue weighted by Gasteiger charge is -2.25. The lowest BCUT2D eigenvalue weighted by atomic mass is 10.1. The molecule has 5 heteroatoms. The zero-order chi connectivity index (χ0) is 13.5. The lowest BCUT2D eigenvalue weighted by Crippen LogP contribution is -2.33. The van der Waals surface area contributed by atoms with Gasteiger partial charge < -0.3 is 15.6 Å². The van der Waals surface area contributed by atoms with Crippen LogP contribution in [0, 0.1) is 0 Å². The lowest BCUT2D eigenvalue weighted by molar-refractivity contribution is 0.551. The van der Waals surface area contributed by atoms with Crippen LogP contribution in [0.15, 0.2) is 11.0 Å². The van der Waals surface area contributed by atoms with Gasteiger partial charge in [0.2, 0.25) is 0 Å². The molecule has 0 aliphatic carbocycles. The van der Waals surface area contributed by atoms with E-state index in [1.54, 1.807) is 6.20 Å². The Morgan fingerprint density at radius 1 is 1.21 bits per heavy atom. The average molecular weight is 264 g/mol. The highest BCUT2D eigenvalue weighted by molar-refractivity contribution is 5.36. The summed E-state index contributed by atoms with van der Waals surface area (Å²) in [4.78, 5) is 21.4. The minimum atomic E-state index is -0.0722. The number of rotatable bonds is 4. The molecule has 0 amide bonds. The van der Waals surface area contributed by atoms with Crippen LogP contribution in [0.25, 0.3) is 0 Å². The van der Waals surface area contributed by atoms with Gasteiger partial charge in [-0.15, -0.1) is 0 Å². The fourth-order valence-electron chi connectivity index (χ4n) is 2.52. The monoisotopic (exact) mass is 264 g/mol. The summed E-state index contributed by atoms with van der Waals surface area (Å²) in [6.07, 6.45) is 9.55. The first kappa shape index (κ1) is 14.1. The Bertz CT molecular complexity index is 435. The van der Waals surface area contributed by atoms with E-state index in [1.165, 1.54) is 19.3 Å². The maximum atomic E-state index is 12.0. The molecule has 1 aliphatic heterocycles. The molecule has 2 rings (SSSR count). The molecule has 1 aromatic heterocycles. The van der Waals surface area contributed by atoms with E-state index in [0.717, 1.165) is 44.5 Å². The van der Waals surface area contributed by atoms with Crippen molar-refractivity contribution in [2.24, 2.45) is 5.73 Å². The van der Waals surface area contributed by atoms with E-state index < -0.39 is 0 Å². The number of H-pyrrole nitrogens is 1. The smallest absolute Gasteiger partial charge is 0.290 e. The molecular weight excluding hydrogens is 240 g/mol. The van der Waals surface area contributed by atoms with Gasteiger partial charge in [0.05, 0.1) is 5.69 Å². The van der Waals surface area contributed by atoms with Gasteiger partial charge >= 0.3 is 0 Å². The van der Waals surface area contributed by atoms with Gasteiger partial charge in [0.15, 0.2) is 5.82 Å². The highest BCUT2D eigenvalue weighted by atomic mass is 16.1. The molecule has 0 saturated carbocycles. The van der Waals surface area contributed by atoms with Crippen molar-refractivity contribution in [3.63, 3.8) is 0 Å². The van der Waals surface area contributed by atoms with Crippen molar-refractivity contribution in [1.29, 1.82) is 0 Å². The van der Waals surface area contributed by atoms with Gasteiger partial charge in [-0.25, -0.2) is 4.98 Å². The molecule has 1 aromatic rings. The summed E-state index contributed by atoms with van der Waals surface area (Å²) >= 11 is 0. The fourth-order valence-corrected chi connectivity index (χ4v) is 2.52. The molecule has 0 bridgehead atoms. The number of aromatic nitrogens is 2. The molecule has 0 spiro atoms. The van der Waals surface area contributed by atoms with Crippen LogP contribution in [0.2, 0.25) is 0 Å². The first-order chi connectivity index (χ1) is 9.31. The van der Waals surface area contributed by atoms with Crippen molar-refractivity contribution >= 4 is 5.82 Å². The van der Waals surface area contributed by atoms with E-state index in [1.807, 2.05) is 0 Å². The maximum absolute atomic E-state index is 12.0. The molecule has 1 saturated heterocycles. The van der Waals surface area contributed by atoms with Gasteiger partial charge in [0, 0.05) is 19.3 Å². The largest absolute Gasteiger partial charge is 0.352 e. The number of aryl methyl sites for hydroxylation is 1. The predicted molar refractivity (Wildman–Crippen MR) is 77.5 cm³/mol. The Hall–Kier alpha value is -1.36. The summed E-state index contributed by atoms with van der Waals surface area (Å²) in [5.41, 5.74) is 6.38. The van der Waals surface area contributed by atoms with Gasteiger partial charge in [-0.1, -0.05) is 19.3 Å². The SMILES string of the molecule is NCCCc1c[nH]c(=O)c(N2CCCCCCC2)n1. The van der Waals surface area contributed by atoms with Gasteiger partial charge in [-0.3, -0.25) is 4.79 Å². The third-order valence-electron chi connectivity index (χ3n) is 3.62. The fraction of sp³-hybridized carbons (Fsp3) is 0.714. The average Bonchev–Trinajstić information content (AvgIpc) is 2.38. The highest BCUT2D eigenvalue weighted by Gasteiger charge is 2.14. The molecule has 0 aromatic carbocycles. The number of hydrogen-bond donors (Lipinski definition) is 2. The highest BCUT2D eigenvalue weighted by Crippen LogP contribution is 2.14. The standard InChI is InChI=1S/C14H24N4O/c15-8-6-7-12-11-16-14(19)13(17-12)18-9-4-2-1-3-5-10-18/h11H,1-10,15H2,(H,16,19). The summed E-state index contributed by atoms with van der Waals surface area (Å²) in [6, 6.07) is 0. The molecule has 0 unspecified atom stereocenters. The summed E-state index contributed by atoms with van der Waals surface area (Å²) < 4.78 is 0. The van der Waals surface area contributed by atoms with E-state index in [9.17, 15) is 4.79 Å². The summed E-state index contributed by atoms with van der Waals surface area (Å²) in [6.45, 7) is 2.53. The number of anilines is 1. The molecule has 1 fully saturated rings. The van der Waals surface area contributed by atoms with Gasteiger partial charge in [0.1, 0.15) is 0 Å². The molecule has 1 aliphatic rings. The van der Waals surface area contributed by atoms with Crippen molar-refractivity contribution in [2.45, 2.75) is 44.9 Å². The van der Waals surface area contributed by atoms with E-state index in [-0.39, 0.29) is 5.56 Å². The molecule has 106 valence electrons. The van der Waals surface area contributed by atoms with E-state index in [2.05, 4.69) is 14.9 Å². The van der Waals surface area contributed by atoms with Crippen LogP contribution < -0.4 is 16.2 Å². The number of nitrogens with zero attached hydrogens (tertiary/aromatic N) is 2.